The summed E-state index contributed by atoms with van der Waals surface area (Å²) in [4.78, 5) is 11.8. The standard InChI is InChI=1S/C15H20N4O2/c1-21-14-7-3-2-6-13(14)18-15(20)12-16-8-4-10-19-11-5-9-17-19/h2-3,5-7,9,11,16H,4,8,10,12H2,1H3,(H,18,20). The van der Waals surface area contributed by atoms with Crippen LogP contribution < -0.4 is 15.4 Å². The van der Waals surface area contributed by atoms with Crippen molar-refractivity contribution in [2.45, 2.75) is 13.0 Å². The van der Waals surface area contributed by atoms with Crippen LogP contribution in [0.1, 0.15) is 6.42 Å². The molecule has 6 nitrogen and oxygen atoms in total. The van der Waals surface area contributed by atoms with Crippen molar-refractivity contribution in [2.75, 3.05) is 25.5 Å². The molecular weight excluding hydrogens is 268 g/mol. The maximum atomic E-state index is 11.8. The van der Waals surface area contributed by atoms with Crippen molar-refractivity contribution in [3.63, 3.8) is 0 Å². The minimum atomic E-state index is -0.0846. The van der Waals surface area contributed by atoms with Crippen LogP contribution >= 0.6 is 0 Å². The van der Waals surface area contributed by atoms with Gasteiger partial charge in [0.1, 0.15) is 5.75 Å². The summed E-state index contributed by atoms with van der Waals surface area (Å²) in [6.07, 6.45) is 4.60. The molecule has 2 N–H and O–H groups in total. The summed E-state index contributed by atoms with van der Waals surface area (Å²) in [7, 11) is 1.58. The van der Waals surface area contributed by atoms with E-state index in [0.717, 1.165) is 19.5 Å². The molecule has 0 aliphatic carbocycles. The second kappa shape index (κ2) is 8.06. The van der Waals surface area contributed by atoms with E-state index in [1.165, 1.54) is 0 Å². The van der Waals surface area contributed by atoms with Crippen molar-refractivity contribution in [1.82, 2.24) is 15.1 Å². The van der Waals surface area contributed by atoms with Crippen LogP contribution in [-0.4, -0.2) is 35.9 Å². The van der Waals surface area contributed by atoms with Crippen LogP contribution in [0.2, 0.25) is 0 Å². The van der Waals surface area contributed by atoms with Crippen molar-refractivity contribution in [3.05, 3.63) is 42.7 Å². The maximum Gasteiger partial charge on any atom is 0.238 e. The molecule has 0 aliphatic rings. The quantitative estimate of drug-likeness (QED) is 0.723. The van der Waals surface area contributed by atoms with Crippen LogP contribution in [0.5, 0.6) is 5.75 Å². The number of methoxy groups -OCH3 is 1. The van der Waals surface area contributed by atoms with E-state index in [9.17, 15) is 4.79 Å². The smallest absolute Gasteiger partial charge is 0.238 e. The first-order chi connectivity index (χ1) is 10.3. The Bertz CT molecular complexity index is 555. The van der Waals surface area contributed by atoms with Crippen LogP contribution in [0, 0.1) is 0 Å². The lowest BCUT2D eigenvalue weighted by atomic mass is 10.3. The third-order valence-electron chi connectivity index (χ3n) is 2.97. The van der Waals surface area contributed by atoms with E-state index >= 15 is 0 Å². The molecular formula is C15H20N4O2. The SMILES string of the molecule is COc1ccccc1NC(=O)CNCCCn1cccn1. The Morgan fingerprint density at radius 1 is 1.33 bits per heavy atom. The third kappa shape index (κ3) is 4.92. The number of ether oxygens (including phenoxy) is 1. The van der Waals surface area contributed by atoms with E-state index in [4.69, 9.17) is 4.74 Å². The molecule has 0 bridgehead atoms. The monoisotopic (exact) mass is 288 g/mol. The fourth-order valence-electron chi connectivity index (χ4n) is 1.94. The Morgan fingerprint density at radius 2 is 2.19 bits per heavy atom. The lowest BCUT2D eigenvalue weighted by molar-refractivity contribution is -0.115. The van der Waals surface area contributed by atoms with Crippen molar-refractivity contribution in [2.24, 2.45) is 0 Å². The van der Waals surface area contributed by atoms with Gasteiger partial charge in [0.05, 0.1) is 19.3 Å². The number of anilines is 1. The molecule has 0 fully saturated rings. The molecule has 0 unspecified atom stereocenters. The molecule has 0 saturated heterocycles. The van der Waals surface area contributed by atoms with Gasteiger partial charge in [-0.2, -0.15) is 5.10 Å². The molecule has 2 aromatic rings. The molecule has 0 saturated carbocycles. The highest BCUT2D eigenvalue weighted by molar-refractivity contribution is 5.93. The molecule has 21 heavy (non-hydrogen) atoms. The van der Waals surface area contributed by atoms with Crippen molar-refractivity contribution < 1.29 is 9.53 Å². The van der Waals surface area contributed by atoms with Crippen LogP contribution in [-0.2, 0) is 11.3 Å². The van der Waals surface area contributed by atoms with Gasteiger partial charge in [0, 0.05) is 18.9 Å². The Balaban J connectivity index is 1.65. The van der Waals surface area contributed by atoms with Gasteiger partial charge in [0.15, 0.2) is 0 Å². The number of nitrogens with zero attached hydrogens (tertiary/aromatic N) is 2. The zero-order valence-corrected chi connectivity index (χ0v) is 12.1. The maximum absolute atomic E-state index is 11.8. The van der Waals surface area contributed by atoms with Gasteiger partial charge in [-0.15, -0.1) is 0 Å². The predicted molar refractivity (Wildman–Crippen MR) is 81.3 cm³/mol. The number of hydrogen-bond donors (Lipinski definition) is 2. The summed E-state index contributed by atoms with van der Waals surface area (Å²) < 4.78 is 7.06. The van der Waals surface area contributed by atoms with Gasteiger partial charge in [-0.1, -0.05) is 12.1 Å². The van der Waals surface area contributed by atoms with E-state index in [2.05, 4.69) is 15.7 Å². The lowest BCUT2D eigenvalue weighted by Gasteiger charge is -2.10. The zero-order chi connectivity index (χ0) is 14.9. The average molecular weight is 288 g/mol. The Hall–Kier alpha value is -2.34. The number of rotatable bonds is 8. The van der Waals surface area contributed by atoms with Crippen LogP contribution in [0.3, 0.4) is 0 Å². The van der Waals surface area contributed by atoms with Crippen molar-refractivity contribution in [3.8, 4) is 5.75 Å². The first-order valence-corrected chi connectivity index (χ1v) is 6.90. The molecule has 0 radical (unpaired) electrons. The average Bonchev–Trinajstić information content (AvgIpc) is 3.01. The number of carbonyl (C=O) groups is 1. The highest BCUT2D eigenvalue weighted by Gasteiger charge is 2.05. The van der Waals surface area contributed by atoms with Gasteiger partial charge in [0.25, 0.3) is 0 Å². The number of aryl methyl sites for hydroxylation is 1. The molecule has 112 valence electrons. The number of benzene rings is 1. The van der Waals surface area contributed by atoms with E-state index in [-0.39, 0.29) is 12.5 Å². The van der Waals surface area contributed by atoms with Gasteiger partial charge >= 0.3 is 0 Å². The van der Waals surface area contributed by atoms with Crippen molar-refractivity contribution in [1.29, 1.82) is 0 Å². The minimum Gasteiger partial charge on any atom is -0.495 e. The van der Waals surface area contributed by atoms with E-state index in [1.807, 2.05) is 41.2 Å². The topological polar surface area (TPSA) is 68.2 Å². The second-order valence-electron chi connectivity index (χ2n) is 4.55. The summed E-state index contributed by atoms with van der Waals surface area (Å²) in [5, 5.41) is 10.1. The van der Waals surface area contributed by atoms with Gasteiger partial charge < -0.3 is 15.4 Å². The van der Waals surface area contributed by atoms with Crippen molar-refractivity contribution >= 4 is 11.6 Å². The number of aromatic nitrogens is 2. The number of carbonyl (C=O) groups excluding carboxylic acids is 1. The number of nitrogens with one attached hydrogen (secondary N) is 2. The second-order valence-corrected chi connectivity index (χ2v) is 4.55. The largest absolute Gasteiger partial charge is 0.495 e. The first kappa shape index (κ1) is 15.1. The summed E-state index contributed by atoms with van der Waals surface area (Å²) in [5.41, 5.74) is 0.684. The summed E-state index contributed by atoms with van der Waals surface area (Å²) in [5.74, 6) is 0.572. The molecule has 2 rings (SSSR count). The molecule has 0 atom stereocenters. The molecule has 0 spiro atoms. The van der Waals surface area contributed by atoms with E-state index < -0.39 is 0 Å². The van der Waals surface area contributed by atoms with Crippen LogP contribution in [0.4, 0.5) is 5.69 Å². The predicted octanol–water partition coefficient (Wildman–Crippen LogP) is 1.51. The van der Waals surface area contributed by atoms with E-state index in [0.29, 0.717) is 11.4 Å². The number of amides is 1. The fourth-order valence-corrected chi connectivity index (χ4v) is 1.94. The third-order valence-corrected chi connectivity index (χ3v) is 2.97. The van der Waals surface area contributed by atoms with Gasteiger partial charge in [-0.25, -0.2) is 0 Å². The Morgan fingerprint density at radius 3 is 2.95 bits per heavy atom. The highest BCUT2D eigenvalue weighted by atomic mass is 16.5. The summed E-state index contributed by atoms with van der Waals surface area (Å²) in [6, 6.07) is 9.24. The lowest BCUT2D eigenvalue weighted by Crippen LogP contribution is -2.29. The van der Waals surface area contributed by atoms with Crippen LogP contribution in [0.25, 0.3) is 0 Å². The molecule has 1 heterocycles. The molecule has 1 aromatic carbocycles. The Kier molecular flexibility index (Phi) is 5.78. The van der Waals surface area contributed by atoms with Gasteiger partial charge in [-0.3, -0.25) is 9.48 Å². The summed E-state index contributed by atoms with van der Waals surface area (Å²) >= 11 is 0. The Labute approximate surface area is 124 Å². The fraction of sp³-hybridized carbons (Fsp3) is 0.333. The zero-order valence-electron chi connectivity index (χ0n) is 12.1. The van der Waals surface area contributed by atoms with Gasteiger partial charge in [0.2, 0.25) is 5.91 Å². The molecule has 6 heteroatoms. The van der Waals surface area contributed by atoms with E-state index in [1.54, 1.807) is 13.3 Å². The molecule has 1 aromatic heterocycles. The van der Waals surface area contributed by atoms with Gasteiger partial charge in [-0.05, 0) is 31.2 Å². The molecule has 1 amide bonds. The number of para-hydroxylation sites is 2. The number of hydrogen-bond acceptors (Lipinski definition) is 4. The summed E-state index contributed by atoms with van der Waals surface area (Å²) in [6.45, 7) is 1.88. The highest BCUT2D eigenvalue weighted by Crippen LogP contribution is 2.22. The normalized spacial score (nSPS) is 10.3. The van der Waals surface area contributed by atoms with Crippen LogP contribution in [0.15, 0.2) is 42.7 Å². The first-order valence-electron chi connectivity index (χ1n) is 6.90. The molecule has 0 aliphatic heterocycles. The minimum absolute atomic E-state index is 0.0846.